The van der Waals surface area contributed by atoms with Crippen LogP contribution in [0.4, 0.5) is 0 Å². The quantitative estimate of drug-likeness (QED) is 0.772. The van der Waals surface area contributed by atoms with Crippen molar-refractivity contribution in [1.29, 1.82) is 0 Å². The molecular weight excluding hydrogens is 242 g/mol. The Morgan fingerprint density at radius 2 is 2.16 bits per heavy atom. The molecule has 1 rings (SSSR count). The van der Waals surface area contributed by atoms with Crippen LogP contribution in [-0.2, 0) is 4.79 Å². The molecule has 0 aliphatic carbocycles. The zero-order chi connectivity index (χ0) is 14.3. The standard InChI is InChI=1S/C15H21NO3/c1-4-15(2,11-17)16-14(18)10-9-12-7-5-6-8-13(12)19-3/h5-10,17H,4,11H2,1-3H3,(H,16,18). The number of amides is 1. The van der Waals surface area contributed by atoms with Crippen molar-refractivity contribution >= 4 is 12.0 Å². The van der Waals surface area contributed by atoms with Crippen LogP contribution in [0.2, 0.25) is 0 Å². The predicted octanol–water partition coefficient (Wildman–Crippen LogP) is 1.99. The van der Waals surface area contributed by atoms with Gasteiger partial charge in [0.2, 0.25) is 5.91 Å². The monoisotopic (exact) mass is 263 g/mol. The fraction of sp³-hybridized carbons (Fsp3) is 0.400. The summed E-state index contributed by atoms with van der Waals surface area (Å²) in [6.07, 6.45) is 3.81. The van der Waals surface area contributed by atoms with Gasteiger partial charge in [-0.15, -0.1) is 0 Å². The lowest BCUT2D eigenvalue weighted by Gasteiger charge is -2.26. The van der Waals surface area contributed by atoms with Gasteiger partial charge in [0.15, 0.2) is 0 Å². The molecule has 1 aromatic carbocycles. The molecule has 0 aliphatic rings. The first-order valence-electron chi connectivity index (χ1n) is 6.28. The number of benzene rings is 1. The number of methoxy groups -OCH3 is 1. The molecule has 1 unspecified atom stereocenters. The molecule has 0 fully saturated rings. The van der Waals surface area contributed by atoms with Crippen molar-refractivity contribution in [1.82, 2.24) is 5.32 Å². The van der Waals surface area contributed by atoms with E-state index in [4.69, 9.17) is 4.74 Å². The molecule has 1 amide bonds. The largest absolute Gasteiger partial charge is 0.496 e. The maximum absolute atomic E-state index is 11.8. The van der Waals surface area contributed by atoms with Gasteiger partial charge in [0.25, 0.3) is 0 Å². The number of aliphatic hydroxyl groups is 1. The van der Waals surface area contributed by atoms with Gasteiger partial charge < -0.3 is 15.2 Å². The number of carbonyl (C=O) groups is 1. The normalized spacial score (nSPS) is 14.1. The number of ether oxygens (including phenoxy) is 1. The average molecular weight is 263 g/mol. The molecular formula is C15H21NO3. The third kappa shape index (κ3) is 4.41. The van der Waals surface area contributed by atoms with Crippen LogP contribution in [-0.4, -0.2) is 30.3 Å². The van der Waals surface area contributed by atoms with E-state index in [9.17, 15) is 9.90 Å². The maximum atomic E-state index is 11.8. The van der Waals surface area contributed by atoms with Gasteiger partial charge in [0.05, 0.1) is 19.3 Å². The molecule has 4 nitrogen and oxygen atoms in total. The Hall–Kier alpha value is -1.81. The lowest BCUT2D eigenvalue weighted by molar-refractivity contribution is -0.118. The first-order chi connectivity index (χ1) is 9.04. The fourth-order valence-corrected chi connectivity index (χ4v) is 1.55. The van der Waals surface area contributed by atoms with E-state index in [0.717, 1.165) is 5.56 Å². The van der Waals surface area contributed by atoms with E-state index in [1.54, 1.807) is 13.2 Å². The van der Waals surface area contributed by atoms with Gasteiger partial charge in [-0.1, -0.05) is 25.1 Å². The lowest BCUT2D eigenvalue weighted by atomic mass is 10.0. The van der Waals surface area contributed by atoms with Crippen molar-refractivity contribution in [3.63, 3.8) is 0 Å². The number of hydrogen-bond acceptors (Lipinski definition) is 3. The van der Waals surface area contributed by atoms with Crippen LogP contribution < -0.4 is 10.1 Å². The summed E-state index contributed by atoms with van der Waals surface area (Å²) in [7, 11) is 1.59. The van der Waals surface area contributed by atoms with E-state index in [1.807, 2.05) is 38.1 Å². The SMILES string of the molecule is CCC(C)(CO)NC(=O)C=Cc1ccccc1OC. The molecule has 4 heteroatoms. The Balaban J connectivity index is 2.74. The number of aliphatic hydroxyl groups excluding tert-OH is 1. The summed E-state index contributed by atoms with van der Waals surface area (Å²) in [5, 5.41) is 12.0. The topological polar surface area (TPSA) is 58.6 Å². The Bertz CT molecular complexity index is 450. The van der Waals surface area contributed by atoms with E-state index in [-0.39, 0.29) is 12.5 Å². The Labute approximate surface area is 114 Å². The van der Waals surface area contributed by atoms with E-state index in [2.05, 4.69) is 5.32 Å². The van der Waals surface area contributed by atoms with Crippen LogP contribution in [0.15, 0.2) is 30.3 Å². The Morgan fingerprint density at radius 1 is 1.47 bits per heavy atom. The molecule has 2 N–H and O–H groups in total. The van der Waals surface area contributed by atoms with Crippen LogP contribution in [0.3, 0.4) is 0 Å². The first-order valence-corrected chi connectivity index (χ1v) is 6.28. The maximum Gasteiger partial charge on any atom is 0.244 e. The molecule has 0 bridgehead atoms. The number of nitrogens with one attached hydrogen (secondary N) is 1. The number of carbonyl (C=O) groups excluding carboxylic acids is 1. The molecule has 0 spiro atoms. The van der Waals surface area contributed by atoms with E-state index in [1.165, 1.54) is 6.08 Å². The molecule has 0 radical (unpaired) electrons. The minimum Gasteiger partial charge on any atom is -0.496 e. The zero-order valence-corrected chi connectivity index (χ0v) is 11.6. The third-order valence-electron chi connectivity index (χ3n) is 3.11. The lowest BCUT2D eigenvalue weighted by Crippen LogP contribution is -2.47. The van der Waals surface area contributed by atoms with Gasteiger partial charge in [-0.3, -0.25) is 4.79 Å². The second kappa shape index (κ2) is 6.95. The number of rotatable bonds is 6. The summed E-state index contributed by atoms with van der Waals surface area (Å²) in [6.45, 7) is 3.64. The molecule has 1 atom stereocenters. The summed E-state index contributed by atoms with van der Waals surface area (Å²) in [4.78, 5) is 11.8. The smallest absolute Gasteiger partial charge is 0.244 e. The highest BCUT2D eigenvalue weighted by Gasteiger charge is 2.21. The highest BCUT2D eigenvalue weighted by atomic mass is 16.5. The summed E-state index contributed by atoms with van der Waals surface area (Å²) in [5.41, 5.74) is 0.254. The van der Waals surface area contributed by atoms with Crippen LogP contribution >= 0.6 is 0 Å². The molecule has 1 aromatic rings. The molecule has 0 heterocycles. The van der Waals surface area contributed by atoms with Crippen molar-refractivity contribution in [2.45, 2.75) is 25.8 Å². The predicted molar refractivity (Wildman–Crippen MR) is 76.0 cm³/mol. The minimum absolute atomic E-state index is 0.0856. The van der Waals surface area contributed by atoms with Crippen LogP contribution in [0.5, 0.6) is 5.75 Å². The van der Waals surface area contributed by atoms with E-state index >= 15 is 0 Å². The highest BCUT2D eigenvalue weighted by molar-refractivity contribution is 5.92. The second-order valence-electron chi connectivity index (χ2n) is 4.64. The fourth-order valence-electron chi connectivity index (χ4n) is 1.55. The van der Waals surface area contributed by atoms with Crippen LogP contribution in [0.25, 0.3) is 6.08 Å². The van der Waals surface area contributed by atoms with Gasteiger partial charge >= 0.3 is 0 Å². The van der Waals surface area contributed by atoms with E-state index < -0.39 is 5.54 Å². The Kier molecular flexibility index (Phi) is 5.57. The first kappa shape index (κ1) is 15.2. The van der Waals surface area contributed by atoms with Crippen LogP contribution in [0.1, 0.15) is 25.8 Å². The van der Waals surface area contributed by atoms with Crippen molar-refractivity contribution in [2.24, 2.45) is 0 Å². The molecule has 0 saturated carbocycles. The van der Waals surface area contributed by atoms with Gasteiger partial charge in [-0.2, -0.15) is 0 Å². The summed E-state index contributed by atoms with van der Waals surface area (Å²) in [5.74, 6) is 0.483. The van der Waals surface area contributed by atoms with Gasteiger partial charge in [0.1, 0.15) is 5.75 Å². The third-order valence-corrected chi connectivity index (χ3v) is 3.11. The average Bonchev–Trinajstić information content (AvgIpc) is 2.45. The van der Waals surface area contributed by atoms with E-state index in [0.29, 0.717) is 12.2 Å². The summed E-state index contributed by atoms with van der Waals surface area (Å²) in [6, 6.07) is 7.45. The zero-order valence-electron chi connectivity index (χ0n) is 11.6. The van der Waals surface area contributed by atoms with Crippen LogP contribution in [0, 0.1) is 0 Å². The van der Waals surface area contributed by atoms with Crippen molar-refractivity contribution in [3.05, 3.63) is 35.9 Å². The molecule has 19 heavy (non-hydrogen) atoms. The van der Waals surface area contributed by atoms with Gasteiger partial charge in [-0.25, -0.2) is 0 Å². The molecule has 0 aliphatic heterocycles. The van der Waals surface area contributed by atoms with Crippen molar-refractivity contribution < 1.29 is 14.6 Å². The minimum atomic E-state index is -0.581. The highest BCUT2D eigenvalue weighted by Crippen LogP contribution is 2.18. The number of hydrogen-bond donors (Lipinski definition) is 2. The molecule has 0 saturated heterocycles. The molecule has 0 aromatic heterocycles. The Morgan fingerprint density at radius 3 is 2.74 bits per heavy atom. The second-order valence-corrected chi connectivity index (χ2v) is 4.64. The van der Waals surface area contributed by atoms with Crippen molar-refractivity contribution in [2.75, 3.05) is 13.7 Å². The molecule has 104 valence electrons. The summed E-state index contributed by atoms with van der Waals surface area (Å²) < 4.78 is 5.20. The summed E-state index contributed by atoms with van der Waals surface area (Å²) >= 11 is 0. The number of para-hydroxylation sites is 1. The van der Waals surface area contributed by atoms with Gasteiger partial charge in [0, 0.05) is 11.6 Å². The van der Waals surface area contributed by atoms with Crippen molar-refractivity contribution in [3.8, 4) is 5.75 Å². The van der Waals surface area contributed by atoms with Gasteiger partial charge in [-0.05, 0) is 25.5 Å².